The van der Waals surface area contributed by atoms with Gasteiger partial charge in [-0.2, -0.15) is 8.62 Å². The van der Waals surface area contributed by atoms with Crippen molar-refractivity contribution < 1.29 is 66.5 Å². The number of nitrogens with one attached hydrogen (secondary N) is 1. The van der Waals surface area contributed by atoms with Gasteiger partial charge in [0.15, 0.2) is 6.23 Å². The first kappa shape index (κ1) is 33.2. The number of hydrogen-bond acceptors (Lipinski definition) is 13. The maximum Gasteiger partial charge on any atom is 0.490 e. The highest BCUT2D eigenvalue weighted by atomic mass is 31.3. The van der Waals surface area contributed by atoms with Crippen LogP contribution in [0, 0.1) is 0 Å². The molecule has 0 amide bonds. The molecule has 2 aromatic rings. The quantitative estimate of drug-likeness (QED) is 0.135. The second-order valence-electron chi connectivity index (χ2n) is 7.66. The number of rotatable bonds is 10. The van der Waals surface area contributed by atoms with Crippen LogP contribution < -0.4 is 17.0 Å². The molecule has 22 heteroatoms. The van der Waals surface area contributed by atoms with Gasteiger partial charge in [-0.15, -0.1) is 0 Å². The highest BCUT2D eigenvalue weighted by Gasteiger charge is 2.46. The number of aliphatic hydroxyl groups excluding tert-OH is 2. The van der Waals surface area contributed by atoms with Crippen LogP contribution in [-0.2, 0) is 38.0 Å². The fourth-order valence-corrected chi connectivity index (χ4v) is 6.05. The van der Waals surface area contributed by atoms with Gasteiger partial charge in [0.2, 0.25) is 0 Å². The van der Waals surface area contributed by atoms with Crippen LogP contribution in [0.25, 0.3) is 0 Å². The van der Waals surface area contributed by atoms with E-state index in [1.165, 1.54) is 5.56 Å². The van der Waals surface area contributed by atoms with Crippen LogP contribution in [0.2, 0.25) is 0 Å². The summed E-state index contributed by atoms with van der Waals surface area (Å²) in [5.74, 6) is 0.306. The molecule has 0 spiro atoms. The molecule has 1 aliphatic rings. The number of hydrogen-bond donors (Lipinski definition) is 9. The Balaban J connectivity index is 0.000000446. The van der Waals surface area contributed by atoms with Crippen molar-refractivity contribution in [1.29, 1.82) is 0 Å². The van der Waals surface area contributed by atoms with E-state index in [0.29, 0.717) is 16.9 Å². The maximum absolute atomic E-state index is 11.7. The van der Waals surface area contributed by atoms with E-state index in [2.05, 4.69) is 13.1 Å². The molecule has 39 heavy (non-hydrogen) atoms. The number of nitrogens with two attached hydrogens (primary N) is 1. The minimum Gasteiger partial charge on any atom is -0.508 e. The van der Waals surface area contributed by atoms with E-state index < -0.39 is 65.9 Å². The van der Waals surface area contributed by atoms with Gasteiger partial charge < -0.3 is 45.4 Å². The summed E-state index contributed by atoms with van der Waals surface area (Å²) in [7, 11) is -16.8. The molecule has 0 bridgehead atoms. The Morgan fingerprint density at radius 2 is 1.56 bits per heavy atom. The third-order valence-corrected chi connectivity index (χ3v) is 8.45. The number of phenolic OH excluding ortho intramolecular Hbond substituents is 1. The molecule has 2 unspecified atom stereocenters. The van der Waals surface area contributed by atoms with Crippen molar-refractivity contribution in [2.45, 2.75) is 31.0 Å². The molecule has 10 N–H and O–H groups in total. The first-order valence-electron chi connectivity index (χ1n) is 10.5. The number of aromatic hydroxyl groups is 1. The van der Waals surface area contributed by atoms with E-state index in [9.17, 15) is 38.4 Å². The first-order chi connectivity index (χ1) is 17.9. The summed E-state index contributed by atoms with van der Waals surface area (Å²) in [5.41, 5.74) is 4.76. The van der Waals surface area contributed by atoms with Crippen LogP contribution in [0.4, 0.5) is 0 Å². The van der Waals surface area contributed by atoms with Gasteiger partial charge >= 0.3 is 29.2 Å². The smallest absolute Gasteiger partial charge is 0.490 e. The average Bonchev–Trinajstić information content (AvgIpc) is 3.06. The Labute approximate surface area is 218 Å². The largest absolute Gasteiger partial charge is 0.508 e. The van der Waals surface area contributed by atoms with Crippen molar-refractivity contribution in [3.05, 3.63) is 62.9 Å². The standard InChI is InChI=1S/C9H15N2O15P3.C8H11NO/c12-5-1-2-11(9(15)10-5)8-7(14)6(13)4(24-8)3-23-28(19,20)26-29(21,22)25-27(16,17)18;9-6-5-7-1-3-8(10)4-2-7/h1-2,4,6-8,13-14H,3H2,(H,19,20)(H,21,22)(H,10,12,15)(H2,16,17,18);1-4,10H,5-6,9H2/t4-,6-,7-,8-;/m1./s1. The van der Waals surface area contributed by atoms with Crippen LogP contribution in [0.5, 0.6) is 5.75 Å². The second kappa shape index (κ2) is 13.5. The molecule has 3 rings (SSSR count). The number of H-pyrrole nitrogens is 1. The van der Waals surface area contributed by atoms with Crippen LogP contribution in [0.1, 0.15) is 11.8 Å². The molecule has 0 radical (unpaired) electrons. The van der Waals surface area contributed by atoms with Crippen LogP contribution in [-0.4, -0.2) is 75.9 Å². The van der Waals surface area contributed by atoms with Crippen molar-refractivity contribution in [2.24, 2.45) is 5.73 Å². The summed E-state index contributed by atoms with van der Waals surface area (Å²) in [5, 5.41) is 28.8. The predicted molar refractivity (Wildman–Crippen MR) is 128 cm³/mol. The van der Waals surface area contributed by atoms with Crippen molar-refractivity contribution >= 4 is 23.5 Å². The van der Waals surface area contributed by atoms with Gasteiger partial charge in [0.25, 0.3) is 5.56 Å². The number of ether oxygens (including phenoxy) is 1. The number of benzene rings is 1. The third-order valence-electron chi connectivity index (χ3n) is 4.65. The monoisotopic (exact) mass is 621 g/mol. The Hall–Kier alpha value is -2.05. The van der Waals surface area contributed by atoms with Gasteiger partial charge in [0, 0.05) is 12.3 Å². The molecule has 19 nitrogen and oxygen atoms in total. The van der Waals surface area contributed by atoms with E-state index >= 15 is 0 Å². The number of phenols is 1. The Kier molecular flexibility index (Phi) is 11.5. The molecule has 220 valence electrons. The number of aliphatic hydroxyl groups is 2. The number of phosphoric ester groups is 1. The highest BCUT2D eigenvalue weighted by molar-refractivity contribution is 7.66. The second-order valence-corrected chi connectivity index (χ2v) is 12.1. The Morgan fingerprint density at radius 3 is 2.10 bits per heavy atom. The summed E-state index contributed by atoms with van der Waals surface area (Å²) >= 11 is 0. The van der Waals surface area contributed by atoms with Crippen molar-refractivity contribution in [1.82, 2.24) is 9.55 Å². The lowest BCUT2D eigenvalue weighted by atomic mass is 10.1. The number of aromatic nitrogens is 2. The zero-order chi connectivity index (χ0) is 29.6. The lowest BCUT2D eigenvalue weighted by Gasteiger charge is -2.19. The third kappa shape index (κ3) is 10.8. The normalized spacial score (nSPS) is 24.3. The topological polar surface area (TPSA) is 311 Å². The lowest BCUT2D eigenvalue weighted by Crippen LogP contribution is -2.37. The van der Waals surface area contributed by atoms with E-state index in [-0.39, 0.29) is 0 Å². The van der Waals surface area contributed by atoms with E-state index in [0.717, 1.165) is 18.7 Å². The Morgan fingerprint density at radius 1 is 0.949 bits per heavy atom. The molecule has 1 aromatic carbocycles. The SMILES string of the molecule is NCCc1ccc(O)cc1.O=c1ccn([C@@H]2O[C@H](COP(=O)(O)OP(=O)(O)OP(=O)(O)O)[C@@H](O)[C@H]2O)c(=O)[nH]1. The summed E-state index contributed by atoms with van der Waals surface area (Å²) < 4.78 is 50.6. The molecular formula is C17H26N3O16P3. The summed E-state index contributed by atoms with van der Waals surface area (Å²) in [6.45, 7) is -0.388. The minimum atomic E-state index is -5.73. The predicted octanol–water partition coefficient (Wildman–Crippen LogP) is -1.61. The van der Waals surface area contributed by atoms with Gasteiger partial charge in [-0.25, -0.2) is 18.5 Å². The lowest BCUT2D eigenvalue weighted by molar-refractivity contribution is -0.0542. The van der Waals surface area contributed by atoms with Gasteiger partial charge in [-0.3, -0.25) is 18.9 Å². The van der Waals surface area contributed by atoms with Gasteiger partial charge in [-0.1, -0.05) is 12.1 Å². The summed E-state index contributed by atoms with van der Waals surface area (Å²) in [6, 6.07) is 8.02. The van der Waals surface area contributed by atoms with Crippen molar-refractivity contribution in [2.75, 3.05) is 13.2 Å². The molecule has 0 aliphatic carbocycles. The first-order valence-corrected chi connectivity index (χ1v) is 15.0. The molecule has 1 fully saturated rings. The number of aromatic amines is 1. The highest BCUT2D eigenvalue weighted by Crippen LogP contribution is 2.66. The molecule has 1 aromatic heterocycles. The minimum absolute atomic E-state index is 0.306. The molecule has 1 saturated heterocycles. The van der Waals surface area contributed by atoms with Crippen molar-refractivity contribution in [3.63, 3.8) is 0 Å². The van der Waals surface area contributed by atoms with Crippen LogP contribution >= 0.6 is 23.5 Å². The fraction of sp³-hybridized carbons (Fsp3) is 0.412. The van der Waals surface area contributed by atoms with Gasteiger partial charge in [0.1, 0.15) is 24.1 Å². The number of phosphoric acid groups is 3. The molecule has 2 heterocycles. The van der Waals surface area contributed by atoms with Gasteiger partial charge in [0.05, 0.1) is 6.61 Å². The molecule has 0 saturated carbocycles. The molecule has 1 aliphatic heterocycles. The summed E-state index contributed by atoms with van der Waals surface area (Å²) in [6.07, 6.45) is -4.82. The fourth-order valence-electron chi connectivity index (χ4n) is 3.02. The molecular weight excluding hydrogens is 595 g/mol. The zero-order valence-electron chi connectivity index (χ0n) is 19.6. The van der Waals surface area contributed by atoms with Gasteiger partial charge in [-0.05, 0) is 30.7 Å². The average molecular weight is 621 g/mol. The zero-order valence-corrected chi connectivity index (χ0v) is 22.2. The maximum atomic E-state index is 11.7. The Bertz CT molecular complexity index is 1360. The van der Waals surface area contributed by atoms with E-state index in [4.69, 9.17) is 30.3 Å². The number of nitrogens with zero attached hydrogens (tertiary/aromatic N) is 1. The summed E-state index contributed by atoms with van der Waals surface area (Å²) in [4.78, 5) is 59.9. The molecule has 6 atom stereocenters. The van der Waals surface area contributed by atoms with Crippen molar-refractivity contribution in [3.8, 4) is 5.75 Å². The van der Waals surface area contributed by atoms with E-state index in [1.807, 2.05) is 17.1 Å². The van der Waals surface area contributed by atoms with E-state index in [1.54, 1.807) is 12.1 Å². The van der Waals surface area contributed by atoms with Crippen LogP contribution in [0.15, 0.2) is 46.1 Å². The van der Waals surface area contributed by atoms with Crippen LogP contribution in [0.3, 0.4) is 0 Å².